The number of hydrogen-bond acceptors (Lipinski definition) is 3. The predicted molar refractivity (Wildman–Crippen MR) is 73.3 cm³/mol. The zero-order valence-corrected chi connectivity index (χ0v) is 11.5. The first-order valence-corrected chi connectivity index (χ1v) is 6.83. The van der Waals surface area contributed by atoms with Gasteiger partial charge in [-0.2, -0.15) is 0 Å². The van der Waals surface area contributed by atoms with E-state index in [-0.39, 0.29) is 17.5 Å². The van der Waals surface area contributed by atoms with E-state index in [9.17, 15) is 4.79 Å². The molecule has 0 aromatic heterocycles. The summed E-state index contributed by atoms with van der Waals surface area (Å²) in [6, 6.07) is 5.77. The summed E-state index contributed by atoms with van der Waals surface area (Å²) in [5.74, 6) is 0.988. The van der Waals surface area contributed by atoms with Crippen molar-refractivity contribution in [3.8, 4) is 5.75 Å². The van der Waals surface area contributed by atoms with Crippen molar-refractivity contribution in [2.75, 3.05) is 13.2 Å². The molecule has 2 heterocycles. The second kappa shape index (κ2) is 4.23. The fraction of sp³-hybridized carbons (Fsp3) is 0.533. The Morgan fingerprint density at radius 2 is 2.26 bits per heavy atom. The number of rotatable bonds is 1. The van der Waals surface area contributed by atoms with Gasteiger partial charge in [0.05, 0.1) is 12.1 Å². The molecule has 0 aliphatic carbocycles. The fourth-order valence-electron chi connectivity index (χ4n) is 2.95. The molecule has 4 heteroatoms. The summed E-state index contributed by atoms with van der Waals surface area (Å²) < 4.78 is 5.47. The van der Waals surface area contributed by atoms with Crippen LogP contribution in [0.25, 0.3) is 0 Å². The van der Waals surface area contributed by atoms with Gasteiger partial charge in [0, 0.05) is 24.6 Å². The van der Waals surface area contributed by atoms with Crippen LogP contribution in [-0.2, 0) is 6.42 Å². The molecule has 4 nitrogen and oxygen atoms in total. The zero-order chi connectivity index (χ0) is 13.6. The highest BCUT2D eigenvalue weighted by atomic mass is 16.5. The van der Waals surface area contributed by atoms with Crippen LogP contribution in [0.2, 0.25) is 0 Å². The van der Waals surface area contributed by atoms with Crippen LogP contribution in [0, 0.1) is 0 Å². The number of benzene rings is 1. The first-order chi connectivity index (χ1) is 9.00. The van der Waals surface area contributed by atoms with Gasteiger partial charge in [-0.05, 0) is 44.0 Å². The minimum Gasteiger partial charge on any atom is -0.493 e. The van der Waals surface area contributed by atoms with Gasteiger partial charge >= 0.3 is 0 Å². The smallest absolute Gasteiger partial charge is 0.254 e. The van der Waals surface area contributed by atoms with Crippen LogP contribution in [-0.4, -0.2) is 35.5 Å². The van der Waals surface area contributed by atoms with E-state index in [0.717, 1.165) is 36.3 Å². The van der Waals surface area contributed by atoms with E-state index < -0.39 is 0 Å². The summed E-state index contributed by atoms with van der Waals surface area (Å²) in [6.45, 7) is 5.53. The van der Waals surface area contributed by atoms with Gasteiger partial charge in [-0.3, -0.25) is 4.79 Å². The number of carbonyl (C=O) groups is 1. The third-order valence-electron chi connectivity index (χ3n) is 4.45. The maximum atomic E-state index is 12.6. The second-order valence-corrected chi connectivity index (χ2v) is 5.93. The molecule has 2 N–H and O–H groups in total. The Bertz CT molecular complexity index is 525. The molecular formula is C15H20N2O2. The lowest BCUT2D eigenvalue weighted by Gasteiger charge is -2.34. The Morgan fingerprint density at radius 3 is 2.95 bits per heavy atom. The number of carbonyl (C=O) groups excluding carboxylic acids is 1. The molecule has 0 saturated carbocycles. The van der Waals surface area contributed by atoms with Crippen molar-refractivity contribution < 1.29 is 9.53 Å². The molecule has 19 heavy (non-hydrogen) atoms. The number of likely N-dealkylation sites (tertiary alicyclic amines) is 1. The number of fused-ring (bicyclic) bond motifs is 1. The summed E-state index contributed by atoms with van der Waals surface area (Å²) in [7, 11) is 0. The van der Waals surface area contributed by atoms with Gasteiger partial charge < -0.3 is 15.4 Å². The first-order valence-electron chi connectivity index (χ1n) is 6.83. The monoisotopic (exact) mass is 260 g/mol. The lowest BCUT2D eigenvalue weighted by atomic mass is 9.96. The van der Waals surface area contributed by atoms with Gasteiger partial charge in [0.2, 0.25) is 0 Å². The third-order valence-corrected chi connectivity index (χ3v) is 4.45. The van der Waals surface area contributed by atoms with Gasteiger partial charge in [0.15, 0.2) is 0 Å². The maximum Gasteiger partial charge on any atom is 0.254 e. The molecule has 102 valence electrons. The standard InChI is InChI=1S/C15H20N2O2/c1-15(2)13(16)5-7-17(15)14(18)11-3-4-12-10(9-11)6-8-19-12/h3-4,9,13H,5-8,16H2,1-2H3. The van der Waals surface area contributed by atoms with E-state index in [4.69, 9.17) is 10.5 Å². The van der Waals surface area contributed by atoms with E-state index in [1.807, 2.05) is 36.9 Å². The van der Waals surface area contributed by atoms with E-state index in [2.05, 4.69) is 0 Å². The Morgan fingerprint density at radius 1 is 1.47 bits per heavy atom. The van der Waals surface area contributed by atoms with Crippen LogP contribution in [0.5, 0.6) is 5.75 Å². The van der Waals surface area contributed by atoms with Crippen LogP contribution in [0.1, 0.15) is 36.2 Å². The molecule has 0 radical (unpaired) electrons. The Hall–Kier alpha value is -1.55. The van der Waals surface area contributed by atoms with Crippen molar-refractivity contribution in [2.24, 2.45) is 5.73 Å². The van der Waals surface area contributed by atoms with Crippen molar-refractivity contribution in [2.45, 2.75) is 38.3 Å². The highest BCUT2D eigenvalue weighted by molar-refractivity contribution is 5.95. The summed E-state index contributed by atoms with van der Waals surface area (Å²) in [4.78, 5) is 14.5. The average Bonchev–Trinajstić information content (AvgIpc) is 2.94. The molecule has 1 aromatic rings. The van der Waals surface area contributed by atoms with Gasteiger partial charge in [0.25, 0.3) is 5.91 Å². The highest BCUT2D eigenvalue weighted by Gasteiger charge is 2.42. The highest BCUT2D eigenvalue weighted by Crippen LogP contribution is 2.31. The molecule has 1 unspecified atom stereocenters. The molecule has 3 rings (SSSR count). The van der Waals surface area contributed by atoms with Crippen LogP contribution in [0.4, 0.5) is 0 Å². The average molecular weight is 260 g/mol. The zero-order valence-electron chi connectivity index (χ0n) is 11.5. The van der Waals surface area contributed by atoms with Crippen molar-refractivity contribution in [3.05, 3.63) is 29.3 Å². The SMILES string of the molecule is CC1(C)C(N)CCN1C(=O)c1ccc2c(c1)CCO2. The summed E-state index contributed by atoms with van der Waals surface area (Å²) in [6.07, 6.45) is 1.76. The molecule has 2 aliphatic heterocycles. The molecule has 2 aliphatic rings. The topological polar surface area (TPSA) is 55.6 Å². The molecule has 1 saturated heterocycles. The number of ether oxygens (including phenoxy) is 1. The quantitative estimate of drug-likeness (QED) is 0.834. The minimum absolute atomic E-state index is 0.0502. The molecule has 1 aromatic carbocycles. The lowest BCUT2D eigenvalue weighted by molar-refractivity contribution is 0.0637. The number of nitrogens with zero attached hydrogens (tertiary/aromatic N) is 1. The molecule has 0 bridgehead atoms. The largest absolute Gasteiger partial charge is 0.493 e. The summed E-state index contributed by atoms with van der Waals surface area (Å²) in [5, 5.41) is 0. The Labute approximate surface area is 113 Å². The maximum absolute atomic E-state index is 12.6. The Balaban J connectivity index is 1.89. The van der Waals surface area contributed by atoms with E-state index in [1.165, 1.54) is 0 Å². The van der Waals surface area contributed by atoms with Gasteiger partial charge in [-0.15, -0.1) is 0 Å². The molecule has 1 fully saturated rings. The summed E-state index contributed by atoms with van der Waals surface area (Å²) >= 11 is 0. The molecule has 1 atom stereocenters. The van der Waals surface area contributed by atoms with Crippen molar-refractivity contribution >= 4 is 5.91 Å². The second-order valence-electron chi connectivity index (χ2n) is 5.93. The first kappa shape index (κ1) is 12.5. The van der Waals surface area contributed by atoms with E-state index >= 15 is 0 Å². The van der Waals surface area contributed by atoms with Gasteiger partial charge in [-0.1, -0.05) is 0 Å². The van der Waals surface area contributed by atoms with Crippen molar-refractivity contribution in [1.82, 2.24) is 4.90 Å². The summed E-state index contributed by atoms with van der Waals surface area (Å²) in [5.41, 5.74) is 7.70. The lowest BCUT2D eigenvalue weighted by Crippen LogP contribution is -2.51. The van der Waals surface area contributed by atoms with Crippen LogP contribution >= 0.6 is 0 Å². The van der Waals surface area contributed by atoms with Crippen LogP contribution in [0.3, 0.4) is 0 Å². The third kappa shape index (κ3) is 1.91. The van der Waals surface area contributed by atoms with Crippen LogP contribution in [0.15, 0.2) is 18.2 Å². The molecule has 1 amide bonds. The minimum atomic E-state index is -0.271. The number of nitrogens with two attached hydrogens (primary N) is 1. The van der Waals surface area contributed by atoms with E-state index in [1.54, 1.807) is 0 Å². The van der Waals surface area contributed by atoms with Gasteiger partial charge in [-0.25, -0.2) is 0 Å². The fourth-order valence-corrected chi connectivity index (χ4v) is 2.95. The van der Waals surface area contributed by atoms with E-state index in [0.29, 0.717) is 6.61 Å². The number of amides is 1. The number of hydrogen-bond donors (Lipinski definition) is 1. The van der Waals surface area contributed by atoms with Gasteiger partial charge in [0.1, 0.15) is 5.75 Å². The van der Waals surface area contributed by atoms with Crippen molar-refractivity contribution in [3.63, 3.8) is 0 Å². The molecular weight excluding hydrogens is 240 g/mol. The van der Waals surface area contributed by atoms with Crippen LogP contribution < -0.4 is 10.5 Å². The predicted octanol–water partition coefficient (Wildman–Crippen LogP) is 1.57. The normalized spacial score (nSPS) is 24.2. The molecule has 0 spiro atoms. The van der Waals surface area contributed by atoms with Crippen molar-refractivity contribution in [1.29, 1.82) is 0 Å². The Kier molecular flexibility index (Phi) is 2.78.